The van der Waals surface area contributed by atoms with Gasteiger partial charge in [0.25, 0.3) is 0 Å². The smallest absolute Gasteiger partial charge is 0.420 e. The van der Waals surface area contributed by atoms with E-state index < -0.39 is 17.3 Å². The van der Waals surface area contributed by atoms with E-state index in [0.29, 0.717) is 65.5 Å². The SMILES string of the molecule is CC(C)(C)OC(=O)N1CCC(COc2cccc(-c3nccc(N(C(=O)OC(C)(C)C)c4ccc(N)c(C=N)c4)n3)c2)CC1. The topological polar surface area (TPSA) is 144 Å². The first-order valence-electron chi connectivity index (χ1n) is 14.7. The summed E-state index contributed by atoms with van der Waals surface area (Å²) < 4.78 is 17.3. The molecule has 44 heavy (non-hydrogen) atoms. The highest BCUT2D eigenvalue weighted by Gasteiger charge is 2.28. The fourth-order valence-corrected chi connectivity index (χ4v) is 4.63. The highest BCUT2D eigenvalue weighted by molar-refractivity contribution is 5.97. The number of anilines is 3. The van der Waals surface area contributed by atoms with Crippen LogP contribution >= 0.6 is 0 Å². The zero-order valence-electron chi connectivity index (χ0n) is 26.3. The van der Waals surface area contributed by atoms with Gasteiger partial charge in [-0.1, -0.05) is 12.1 Å². The van der Waals surface area contributed by atoms with E-state index >= 15 is 0 Å². The third kappa shape index (κ3) is 8.68. The summed E-state index contributed by atoms with van der Waals surface area (Å²) in [6.45, 7) is 12.7. The van der Waals surface area contributed by atoms with Gasteiger partial charge < -0.3 is 30.3 Å². The summed E-state index contributed by atoms with van der Waals surface area (Å²) in [7, 11) is 0. The number of nitrogens with zero attached hydrogens (tertiary/aromatic N) is 4. The zero-order valence-corrected chi connectivity index (χ0v) is 26.3. The summed E-state index contributed by atoms with van der Waals surface area (Å²) in [5.74, 6) is 1.68. The molecule has 3 N–H and O–H groups in total. The van der Waals surface area contributed by atoms with Gasteiger partial charge in [-0.2, -0.15) is 0 Å². The predicted molar refractivity (Wildman–Crippen MR) is 171 cm³/mol. The lowest BCUT2D eigenvalue weighted by molar-refractivity contribution is 0.0164. The molecule has 0 bridgehead atoms. The summed E-state index contributed by atoms with van der Waals surface area (Å²) in [6.07, 6.45) is 3.47. The molecule has 2 heterocycles. The lowest BCUT2D eigenvalue weighted by atomic mass is 9.98. The molecule has 0 aliphatic carbocycles. The Morgan fingerprint density at radius 2 is 1.73 bits per heavy atom. The van der Waals surface area contributed by atoms with E-state index in [9.17, 15) is 9.59 Å². The fourth-order valence-electron chi connectivity index (χ4n) is 4.63. The first-order chi connectivity index (χ1) is 20.7. The number of nitrogen functional groups attached to an aromatic ring is 1. The van der Waals surface area contributed by atoms with Crippen molar-refractivity contribution >= 4 is 35.6 Å². The van der Waals surface area contributed by atoms with Crippen LogP contribution in [-0.4, -0.2) is 64.2 Å². The van der Waals surface area contributed by atoms with E-state index in [1.165, 1.54) is 4.90 Å². The van der Waals surface area contributed by atoms with Crippen molar-refractivity contribution in [3.63, 3.8) is 0 Å². The Bertz CT molecular complexity index is 1490. The van der Waals surface area contributed by atoms with Crippen molar-refractivity contribution in [1.29, 1.82) is 5.41 Å². The van der Waals surface area contributed by atoms with Gasteiger partial charge >= 0.3 is 12.2 Å². The van der Waals surface area contributed by atoms with Crippen molar-refractivity contribution < 1.29 is 23.8 Å². The molecule has 2 aromatic carbocycles. The molecule has 1 fully saturated rings. The molecule has 1 aliphatic rings. The third-order valence-corrected chi connectivity index (χ3v) is 6.77. The van der Waals surface area contributed by atoms with Crippen LogP contribution in [0, 0.1) is 11.3 Å². The number of hydrogen-bond acceptors (Lipinski definition) is 9. The van der Waals surface area contributed by atoms with Gasteiger partial charge in [0.2, 0.25) is 0 Å². The van der Waals surface area contributed by atoms with E-state index in [-0.39, 0.29) is 6.09 Å². The van der Waals surface area contributed by atoms with Crippen LogP contribution < -0.4 is 15.4 Å². The number of ether oxygens (including phenoxy) is 3. The molecule has 1 aromatic heterocycles. The number of rotatable bonds is 7. The quantitative estimate of drug-likeness (QED) is 0.221. The number of nitrogens with one attached hydrogen (secondary N) is 1. The van der Waals surface area contributed by atoms with Crippen molar-refractivity contribution in [2.75, 3.05) is 30.3 Å². The Labute approximate surface area is 258 Å². The molecule has 4 rings (SSSR count). The molecule has 11 nitrogen and oxygen atoms in total. The number of likely N-dealkylation sites (tertiary alicyclic amines) is 1. The van der Waals surface area contributed by atoms with Crippen LogP contribution in [0.4, 0.5) is 26.8 Å². The maximum absolute atomic E-state index is 13.4. The number of carbonyl (C=O) groups is 2. The number of carbonyl (C=O) groups excluding carboxylic acids is 2. The molecular formula is C33H42N6O5. The minimum Gasteiger partial charge on any atom is -0.493 e. The van der Waals surface area contributed by atoms with Crippen LogP contribution in [0.25, 0.3) is 11.4 Å². The van der Waals surface area contributed by atoms with Gasteiger partial charge in [-0.05, 0) is 96.7 Å². The molecule has 0 spiro atoms. The van der Waals surface area contributed by atoms with Crippen LogP contribution in [-0.2, 0) is 9.47 Å². The van der Waals surface area contributed by atoms with E-state index in [0.717, 1.165) is 19.1 Å². The number of benzene rings is 2. The summed E-state index contributed by atoms with van der Waals surface area (Å²) in [6, 6.07) is 14.1. The number of nitrogens with two attached hydrogens (primary N) is 1. The van der Waals surface area contributed by atoms with Crippen LogP contribution in [0.2, 0.25) is 0 Å². The minimum absolute atomic E-state index is 0.274. The van der Waals surface area contributed by atoms with Crippen molar-refractivity contribution in [2.24, 2.45) is 5.92 Å². The average molecular weight is 603 g/mol. The van der Waals surface area contributed by atoms with E-state index in [1.54, 1.807) is 56.1 Å². The monoisotopic (exact) mass is 602 g/mol. The Kier molecular flexibility index (Phi) is 9.76. The van der Waals surface area contributed by atoms with Gasteiger partial charge in [-0.3, -0.25) is 0 Å². The lowest BCUT2D eigenvalue weighted by Gasteiger charge is -2.33. The highest BCUT2D eigenvalue weighted by Crippen LogP contribution is 2.31. The summed E-state index contributed by atoms with van der Waals surface area (Å²) in [5, 5.41) is 7.70. The largest absolute Gasteiger partial charge is 0.493 e. The Balaban J connectivity index is 1.49. The summed E-state index contributed by atoms with van der Waals surface area (Å²) >= 11 is 0. The van der Waals surface area contributed by atoms with Gasteiger partial charge in [0.05, 0.1) is 12.3 Å². The Hall–Kier alpha value is -4.67. The van der Waals surface area contributed by atoms with Crippen LogP contribution in [0.1, 0.15) is 59.9 Å². The van der Waals surface area contributed by atoms with E-state index in [2.05, 4.69) is 4.98 Å². The molecular weight excluding hydrogens is 560 g/mol. The van der Waals surface area contributed by atoms with Gasteiger partial charge in [0.15, 0.2) is 5.82 Å². The molecule has 234 valence electrons. The van der Waals surface area contributed by atoms with Crippen molar-refractivity contribution in [3.8, 4) is 17.1 Å². The second-order valence-electron chi connectivity index (χ2n) is 12.8. The zero-order chi connectivity index (χ0) is 32.1. The third-order valence-electron chi connectivity index (χ3n) is 6.77. The number of hydrogen-bond donors (Lipinski definition) is 2. The van der Waals surface area contributed by atoms with Gasteiger partial charge in [-0.25, -0.2) is 24.5 Å². The minimum atomic E-state index is -0.749. The predicted octanol–water partition coefficient (Wildman–Crippen LogP) is 6.82. The van der Waals surface area contributed by atoms with Crippen molar-refractivity contribution in [2.45, 2.75) is 65.6 Å². The van der Waals surface area contributed by atoms with Crippen molar-refractivity contribution in [1.82, 2.24) is 14.9 Å². The second kappa shape index (κ2) is 13.3. The Morgan fingerprint density at radius 1 is 1.02 bits per heavy atom. The Morgan fingerprint density at radius 3 is 2.39 bits per heavy atom. The summed E-state index contributed by atoms with van der Waals surface area (Å²) in [5.41, 5.74) is 6.78. The van der Waals surface area contributed by atoms with E-state index in [1.807, 2.05) is 45.0 Å². The van der Waals surface area contributed by atoms with Crippen LogP contribution in [0.5, 0.6) is 5.75 Å². The second-order valence-corrected chi connectivity index (χ2v) is 12.8. The number of aromatic nitrogens is 2. The molecule has 1 aliphatic heterocycles. The average Bonchev–Trinajstić information content (AvgIpc) is 2.96. The molecule has 0 saturated carbocycles. The maximum atomic E-state index is 13.4. The van der Waals surface area contributed by atoms with Gasteiger partial charge in [0.1, 0.15) is 22.8 Å². The maximum Gasteiger partial charge on any atom is 0.420 e. The molecule has 1 saturated heterocycles. The van der Waals surface area contributed by atoms with Crippen LogP contribution in [0.15, 0.2) is 54.7 Å². The first-order valence-corrected chi connectivity index (χ1v) is 14.7. The number of piperidine rings is 1. The molecule has 2 amide bonds. The first kappa shape index (κ1) is 32.2. The fraction of sp³-hybridized carbons (Fsp3) is 0.424. The summed E-state index contributed by atoms with van der Waals surface area (Å²) in [4.78, 5) is 38.0. The standard InChI is InChI=1S/C33H42N6O5/c1-32(2,3)43-30(40)38-16-13-22(14-17-38)21-42-26-9-7-8-23(19-26)29-36-15-12-28(37-29)39(31(41)44-33(4,5)6)25-10-11-27(35)24(18-25)20-34/h7-12,15,18-20,22,34H,13-14,16-17,21,35H2,1-6H3. The van der Waals surface area contributed by atoms with Gasteiger partial charge in [-0.15, -0.1) is 0 Å². The number of amides is 2. The molecule has 3 aromatic rings. The molecule has 0 unspecified atom stereocenters. The highest BCUT2D eigenvalue weighted by atomic mass is 16.6. The molecule has 0 radical (unpaired) electrons. The normalized spacial score (nSPS) is 14.1. The molecule has 11 heteroatoms. The lowest BCUT2D eigenvalue weighted by Crippen LogP contribution is -2.42. The van der Waals surface area contributed by atoms with Crippen LogP contribution in [0.3, 0.4) is 0 Å². The molecule has 0 atom stereocenters. The van der Waals surface area contributed by atoms with Gasteiger partial charge in [0, 0.05) is 42.3 Å². The van der Waals surface area contributed by atoms with Crippen molar-refractivity contribution in [3.05, 3.63) is 60.3 Å². The van der Waals surface area contributed by atoms with E-state index in [4.69, 9.17) is 30.3 Å².